The summed E-state index contributed by atoms with van der Waals surface area (Å²) in [5, 5.41) is 7.72. The maximum atomic E-state index is 5.98. The molecule has 0 aliphatic heterocycles. The van der Waals surface area contributed by atoms with E-state index < -0.39 is 0 Å². The van der Waals surface area contributed by atoms with Crippen molar-refractivity contribution in [3.8, 4) is 0 Å². The molecular weight excluding hydrogens is 200 g/mol. The third-order valence-electron chi connectivity index (χ3n) is 1.96. The molecule has 0 aliphatic carbocycles. The lowest BCUT2D eigenvalue weighted by Gasteiger charge is -2.08. The first-order chi connectivity index (χ1) is 6.83. The van der Waals surface area contributed by atoms with Gasteiger partial charge >= 0.3 is 0 Å². The highest BCUT2D eigenvalue weighted by atomic mass is 32.1. The fraction of sp³-hybridized carbons (Fsp3) is 0.429. The van der Waals surface area contributed by atoms with Crippen LogP contribution in [0.4, 0.5) is 0 Å². The van der Waals surface area contributed by atoms with Crippen molar-refractivity contribution >= 4 is 11.7 Å². The van der Waals surface area contributed by atoms with E-state index >= 15 is 0 Å². The van der Waals surface area contributed by atoms with Crippen LogP contribution in [0.15, 0.2) is 12.4 Å². The Kier molecular flexibility index (Phi) is 2.51. The zero-order chi connectivity index (χ0) is 9.97. The number of hydrogen-bond acceptors (Lipinski definition) is 6. The summed E-state index contributed by atoms with van der Waals surface area (Å²) in [5.74, 6) is 0. The molecule has 1 unspecified atom stereocenters. The molecule has 0 saturated carbocycles. The summed E-state index contributed by atoms with van der Waals surface area (Å²) in [5.41, 5.74) is 7.60. The average Bonchev–Trinajstić information content (AvgIpc) is 2.87. The third kappa shape index (κ3) is 1.51. The molecule has 0 radical (unpaired) electrons. The van der Waals surface area contributed by atoms with Gasteiger partial charge < -0.3 is 5.73 Å². The van der Waals surface area contributed by atoms with E-state index in [1.54, 1.807) is 17.1 Å². The van der Waals surface area contributed by atoms with Crippen LogP contribution in [0.1, 0.15) is 24.4 Å². The predicted molar refractivity (Wildman–Crippen MR) is 51.6 cm³/mol. The second-order valence-electron chi connectivity index (χ2n) is 2.78. The molecule has 2 N–H and O–H groups in total. The van der Waals surface area contributed by atoms with E-state index in [4.69, 9.17) is 5.73 Å². The Bertz CT molecular complexity index is 394. The van der Waals surface area contributed by atoms with Crippen LogP contribution in [-0.4, -0.2) is 23.7 Å². The van der Waals surface area contributed by atoms with E-state index in [2.05, 4.69) is 19.1 Å². The maximum absolute atomic E-state index is 5.98. The minimum Gasteiger partial charge on any atom is -0.318 e. The summed E-state index contributed by atoms with van der Waals surface area (Å²) < 4.78 is 9.75. The van der Waals surface area contributed by atoms with Crippen LogP contribution in [0.2, 0.25) is 0 Å². The fourth-order valence-corrected chi connectivity index (χ4v) is 1.67. The van der Waals surface area contributed by atoms with E-state index in [1.807, 2.05) is 6.92 Å². The van der Waals surface area contributed by atoms with E-state index in [9.17, 15) is 0 Å². The molecule has 7 heteroatoms. The highest BCUT2D eigenvalue weighted by Gasteiger charge is 2.16. The van der Waals surface area contributed by atoms with Gasteiger partial charge in [0, 0.05) is 6.54 Å². The lowest BCUT2D eigenvalue weighted by molar-refractivity contribution is 0.579. The molecule has 0 amide bonds. The minimum atomic E-state index is -0.288. The smallest absolute Gasteiger partial charge is 0.0971 e. The molecule has 0 bridgehead atoms. The molecular formula is C7H10N6S. The standard InChI is InChI=1S/C7H10N6S/c1-2-13-6(4-9-12-13)7(8)5-3-10-14-11-5/h3-4,7H,2,8H2,1H3. The molecule has 74 valence electrons. The Hall–Kier alpha value is -1.34. The van der Waals surface area contributed by atoms with E-state index in [0.717, 1.165) is 29.7 Å². The Morgan fingerprint density at radius 1 is 1.57 bits per heavy atom. The molecule has 0 aliphatic rings. The molecule has 2 aromatic rings. The largest absolute Gasteiger partial charge is 0.318 e. The molecule has 2 rings (SSSR count). The van der Waals surface area contributed by atoms with Crippen LogP contribution in [-0.2, 0) is 6.54 Å². The van der Waals surface area contributed by atoms with Crippen molar-refractivity contribution in [2.75, 3.05) is 0 Å². The molecule has 0 spiro atoms. The summed E-state index contributed by atoms with van der Waals surface area (Å²) in [6.07, 6.45) is 3.33. The molecule has 6 nitrogen and oxygen atoms in total. The van der Waals surface area contributed by atoms with Crippen molar-refractivity contribution in [2.24, 2.45) is 5.73 Å². The van der Waals surface area contributed by atoms with Crippen LogP contribution in [0.5, 0.6) is 0 Å². The molecule has 0 saturated heterocycles. The van der Waals surface area contributed by atoms with Gasteiger partial charge in [-0.2, -0.15) is 8.75 Å². The summed E-state index contributed by atoms with van der Waals surface area (Å²) in [6, 6.07) is -0.288. The van der Waals surface area contributed by atoms with Crippen LogP contribution >= 0.6 is 11.7 Å². The molecule has 0 aromatic carbocycles. The first-order valence-electron chi connectivity index (χ1n) is 4.24. The number of rotatable bonds is 3. The summed E-state index contributed by atoms with van der Waals surface area (Å²) >= 11 is 1.15. The first kappa shape index (κ1) is 9.22. The number of nitrogens with two attached hydrogens (primary N) is 1. The van der Waals surface area contributed by atoms with Gasteiger partial charge in [-0.1, -0.05) is 5.21 Å². The monoisotopic (exact) mass is 210 g/mol. The molecule has 14 heavy (non-hydrogen) atoms. The second-order valence-corrected chi connectivity index (χ2v) is 3.34. The number of nitrogens with zero attached hydrogens (tertiary/aromatic N) is 5. The summed E-state index contributed by atoms with van der Waals surface area (Å²) in [4.78, 5) is 0. The van der Waals surface area contributed by atoms with Gasteiger partial charge in [0.2, 0.25) is 0 Å². The Balaban J connectivity index is 2.31. The second kappa shape index (κ2) is 3.81. The average molecular weight is 210 g/mol. The van der Waals surface area contributed by atoms with Crippen molar-refractivity contribution in [2.45, 2.75) is 19.5 Å². The zero-order valence-electron chi connectivity index (χ0n) is 7.66. The number of hydrogen-bond donors (Lipinski definition) is 1. The number of aromatic nitrogens is 5. The Morgan fingerprint density at radius 3 is 3.07 bits per heavy atom. The van der Waals surface area contributed by atoms with Gasteiger partial charge in [0.05, 0.1) is 41.6 Å². The van der Waals surface area contributed by atoms with E-state index in [0.29, 0.717) is 0 Å². The van der Waals surface area contributed by atoms with Crippen molar-refractivity contribution < 1.29 is 0 Å². The molecule has 2 heterocycles. The highest BCUT2D eigenvalue weighted by Crippen LogP contribution is 2.16. The van der Waals surface area contributed by atoms with Crippen molar-refractivity contribution in [3.63, 3.8) is 0 Å². The van der Waals surface area contributed by atoms with Crippen molar-refractivity contribution in [1.29, 1.82) is 0 Å². The fourth-order valence-electron chi connectivity index (χ4n) is 1.21. The van der Waals surface area contributed by atoms with Gasteiger partial charge in [-0.3, -0.25) is 0 Å². The topological polar surface area (TPSA) is 82.5 Å². The molecule has 0 fully saturated rings. The van der Waals surface area contributed by atoms with E-state index in [-0.39, 0.29) is 6.04 Å². The predicted octanol–water partition coefficient (Wildman–Crippen LogP) is 0.198. The lowest BCUT2D eigenvalue weighted by Crippen LogP contribution is -2.17. The van der Waals surface area contributed by atoms with Gasteiger partial charge in [0.15, 0.2) is 0 Å². The molecule has 1 atom stereocenters. The van der Waals surface area contributed by atoms with Crippen molar-refractivity contribution in [1.82, 2.24) is 23.7 Å². The van der Waals surface area contributed by atoms with E-state index in [1.165, 1.54) is 0 Å². The van der Waals surface area contributed by atoms with Gasteiger partial charge in [0.1, 0.15) is 0 Å². The maximum Gasteiger partial charge on any atom is 0.0971 e. The van der Waals surface area contributed by atoms with Gasteiger partial charge in [-0.05, 0) is 6.92 Å². The number of aryl methyl sites for hydroxylation is 1. The molecule has 2 aromatic heterocycles. The van der Waals surface area contributed by atoms with Crippen LogP contribution < -0.4 is 5.73 Å². The first-order valence-corrected chi connectivity index (χ1v) is 4.97. The Labute approximate surface area is 85.1 Å². The highest BCUT2D eigenvalue weighted by molar-refractivity contribution is 6.99. The zero-order valence-corrected chi connectivity index (χ0v) is 8.48. The van der Waals surface area contributed by atoms with Crippen molar-refractivity contribution in [3.05, 3.63) is 23.8 Å². The summed E-state index contributed by atoms with van der Waals surface area (Å²) in [7, 11) is 0. The Morgan fingerprint density at radius 2 is 2.43 bits per heavy atom. The lowest BCUT2D eigenvalue weighted by atomic mass is 10.2. The minimum absolute atomic E-state index is 0.288. The normalized spacial score (nSPS) is 13.0. The van der Waals surface area contributed by atoms with Gasteiger partial charge in [-0.25, -0.2) is 4.68 Å². The third-order valence-corrected chi connectivity index (χ3v) is 2.45. The SMILES string of the molecule is CCn1nncc1C(N)c1cnsn1. The summed E-state index contributed by atoms with van der Waals surface area (Å²) in [6.45, 7) is 2.74. The van der Waals surface area contributed by atoms with Crippen LogP contribution in [0.25, 0.3) is 0 Å². The quantitative estimate of drug-likeness (QED) is 0.782. The van der Waals surface area contributed by atoms with Crippen LogP contribution in [0, 0.1) is 0 Å². The van der Waals surface area contributed by atoms with Gasteiger partial charge in [0.25, 0.3) is 0 Å². The van der Waals surface area contributed by atoms with Crippen LogP contribution in [0.3, 0.4) is 0 Å². The van der Waals surface area contributed by atoms with Gasteiger partial charge in [-0.15, -0.1) is 5.10 Å².